The Morgan fingerprint density at radius 1 is 1.08 bits per heavy atom. The van der Waals surface area contributed by atoms with E-state index in [0.29, 0.717) is 0 Å². The lowest BCUT2D eigenvalue weighted by molar-refractivity contribution is 0.207. The van der Waals surface area contributed by atoms with Gasteiger partial charge in [-0.3, -0.25) is 0 Å². The summed E-state index contributed by atoms with van der Waals surface area (Å²) in [7, 11) is 0. The van der Waals surface area contributed by atoms with Gasteiger partial charge in [0.15, 0.2) is 0 Å². The van der Waals surface area contributed by atoms with Crippen LogP contribution in [-0.2, 0) is 0 Å². The summed E-state index contributed by atoms with van der Waals surface area (Å²) in [5, 5.41) is 0. The van der Waals surface area contributed by atoms with Gasteiger partial charge in [0.2, 0.25) is 0 Å². The van der Waals surface area contributed by atoms with Gasteiger partial charge in [-0.05, 0) is 30.6 Å². The third kappa shape index (κ3) is 2.50. The molecule has 0 aromatic heterocycles. The van der Waals surface area contributed by atoms with Crippen molar-refractivity contribution >= 4 is 0 Å². The van der Waals surface area contributed by atoms with E-state index in [4.69, 9.17) is 0 Å². The van der Waals surface area contributed by atoms with E-state index in [1.165, 1.54) is 38.5 Å². The molecule has 0 aromatic carbocycles. The van der Waals surface area contributed by atoms with Crippen molar-refractivity contribution in [1.82, 2.24) is 0 Å². The van der Waals surface area contributed by atoms with E-state index >= 15 is 0 Å². The minimum absolute atomic E-state index is 0.975. The Morgan fingerprint density at radius 2 is 1.67 bits per heavy atom. The van der Waals surface area contributed by atoms with Gasteiger partial charge in [0, 0.05) is 0 Å². The molecule has 1 fully saturated rings. The van der Waals surface area contributed by atoms with Crippen LogP contribution in [0.3, 0.4) is 0 Å². The fourth-order valence-corrected chi connectivity index (χ4v) is 2.50. The first-order chi connectivity index (χ1) is 5.77. The average Bonchev–Trinajstić information content (AvgIpc) is 2.17. The largest absolute Gasteiger partial charge is 0.0651 e. The van der Waals surface area contributed by atoms with E-state index in [2.05, 4.69) is 20.8 Å². The smallest absolute Gasteiger partial charge is 0.0388 e. The molecule has 1 aliphatic carbocycles. The van der Waals surface area contributed by atoms with E-state index in [9.17, 15) is 0 Å². The highest BCUT2D eigenvalue weighted by molar-refractivity contribution is 4.74. The second kappa shape index (κ2) is 4.89. The van der Waals surface area contributed by atoms with Crippen LogP contribution in [0, 0.1) is 17.8 Å². The normalized spacial score (nSPS) is 33.2. The topological polar surface area (TPSA) is 0 Å². The molecule has 0 spiro atoms. The minimum Gasteiger partial charge on any atom is -0.0651 e. The Kier molecular flexibility index (Phi) is 4.11. The van der Waals surface area contributed by atoms with Crippen molar-refractivity contribution in [3.8, 4) is 0 Å². The molecule has 1 aliphatic rings. The van der Waals surface area contributed by atoms with Gasteiger partial charge in [0.25, 0.3) is 0 Å². The molecule has 0 aromatic rings. The molecule has 1 saturated carbocycles. The molecule has 0 saturated heterocycles. The standard InChI is InChI=1S/C12H24/c1-4-10(3)12-8-6-11(5-2)7-9-12/h10-12H,4-9H2,1-3H3. The van der Waals surface area contributed by atoms with Crippen molar-refractivity contribution in [2.45, 2.75) is 59.3 Å². The van der Waals surface area contributed by atoms with Crippen LogP contribution in [0.2, 0.25) is 0 Å². The van der Waals surface area contributed by atoms with Gasteiger partial charge in [-0.25, -0.2) is 0 Å². The highest BCUT2D eigenvalue weighted by atomic mass is 14.3. The molecule has 0 aliphatic heterocycles. The zero-order valence-electron chi connectivity index (χ0n) is 8.97. The van der Waals surface area contributed by atoms with Crippen LogP contribution in [0.25, 0.3) is 0 Å². The van der Waals surface area contributed by atoms with Crippen molar-refractivity contribution in [2.24, 2.45) is 17.8 Å². The summed E-state index contributed by atoms with van der Waals surface area (Å²) in [5.74, 6) is 3.09. The Hall–Kier alpha value is 0. The van der Waals surface area contributed by atoms with Crippen LogP contribution in [0.5, 0.6) is 0 Å². The molecular weight excluding hydrogens is 144 g/mol. The highest BCUT2D eigenvalue weighted by Gasteiger charge is 2.22. The van der Waals surface area contributed by atoms with Gasteiger partial charge in [0.05, 0.1) is 0 Å². The molecule has 0 radical (unpaired) electrons. The van der Waals surface area contributed by atoms with Crippen LogP contribution in [0.4, 0.5) is 0 Å². The Balaban J connectivity index is 2.25. The van der Waals surface area contributed by atoms with Crippen molar-refractivity contribution in [1.29, 1.82) is 0 Å². The van der Waals surface area contributed by atoms with Gasteiger partial charge in [-0.1, -0.05) is 46.5 Å². The van der Waals surface area contributed by atoms with E-state index in [0.717, 1.165) is 17.8 Å². The van der Waals surface area contributed by atoms with Gasteiger partial charge in [-0.15, -0.1) is 0 Å². The quantitative estimate of drug-likeness (QED) is 0.591. The second-order valence-corrected chi connectivity index (χ2v) is 4.57. The van der Waals surface area contributed by atoms with E-state index in [1.807, 2.05) is 0 Å². The van der Waals surface area contributed by atoms with E-state index < -0.39 is 0 Å². The number of hydrogen-bond donors (Lipinski definition) is 0. The van der Waals surface area contributed by atoms with Crippen LogP contribution >= 0.6 is 0 Å². The first-order valence-corrected chi connectivity index (χ1v) is 5.77. The molecule has 0 bridgehead atoms. The second-order valence-electron chi connectivity index (χ2n) is 4.57. The van der Waals surface area contributed by atoms with Crippen molar-refractivity contribution in [2.75, 3.05) is 0 Å². The SMILES string of the molecule is CCC1CCC(C(C)CC)CC1. The zero-order valence-corrected chi connectivity index (χ0v) is 8.97. The molecule has 0 heterocycles. The fraction of sp³-hybridized carbons (Fsp3) is 1.00. The lowest BCUT2D eigenvalue weighted by atomic mass is 9.75. The fourth-order valence-electron chi connectivity index (χ4n) is 2.50. The van der Waals surface area contributed by atoms with Gasteiger partial charge < -0.3 is 0 Å². The predicted molar refractivity (Wildman–Crippen MR) is 55.2 cm³/mol. The summed E-state index contributed by atoms with van der Waals surface area (Å²) >= 11 is 0. The van der Waals surface area contributed by atoms with Gasteiger partial charge >= 0.3 is 0 Å². The lowest BCUT2D eigenvalue weighted by Crippen LogP contribution is -2.19. The van der Waals surface area contributed by atoms with Crippen LogP contribution in [0.1, 0.15) is 59.3 Å². The third-order valence-corrected chi connectivity index (χ3v) is 3.92. The molecule has 1 unspecified atom stereocenters. The first-order valence-electron chi connectivity index (χ1n) is 5.77. The zero-order chi connectivity index (χ0) is 8.97. The van der Waals surface area contributed by atoms with Crippen LogP contribution in [-0.4, -0.2) is 0 Å². The Morgan fingerprint density at radius 3 is 2.08 bits per heavy atom. The summed E-state index contributed by atoms with van der Waals surface area (Å²) in [6, 6.07) is 0. The maximum atomic E-state index is 2.43. The van der Waals surface area contributed by atoms with Crippen molar-refractivity contribution in [3.05, 3.63) is 0 Å². The summed E-state index contributed by atoms with van der Waals surface area (Å²) in [6.07, 6.45) is 8.81. The molecule has 0 nitrogen and oxygen atoms in total. The summed E-state index contributed by atoms with van der Waals surface area (Å²) < 4.78 is 0. The maximum Gasteiger partial charge on any atom is -0.0388 e. The lowest BCUT2D eigenvalue weighted by Gasteiger charge is -2.31. The van der Waals surface area contributed by atoms with Crippen molar-refractivity contribution < 1.29 is 0 Å². The van der Waals surface area contributed by atoms with Crippen LogP contribution in [0.15, 0.2) is 0 Å². The first kappa shape index (κ1) is 10.1. The number of hydrogen-bond acceptors (Lipinski definition) is 0. The van der Waals surface area contributed by atoms with E-state index in [1.54, 1.807) is 0 Å². The summed E-state index contributed by atoms with van der Waals surface area (Å²) in [5.41, 5.74) is 0. The average molecular weight is 168 g/mol. The Bertz CT molecular complexity index is 109. The molecule has 72 valence electrons. The molecule has 1 atom stereocenters. The highest BCUT2D eigenvalue weighted by Crippen LogP contribution is 2.35. The summed E-state index contributed by atoms with van der Waals surface area (Å²) in [4.78, 5) is 0. The molecule has 1 rings (SSSR count). The van der Waals surface area contributed by atoms with Crippen molar-refractivity contribution in [3.63, 3.8) is 0 Å². The van der Waals surface area contributed by atoms with Gasteiger partial charge in [0.1, 0.15) is 0 Å². The monoisotopic (exact) mass is 168 g/mol. The number of rotatable bonds is 3. The predicted octanol–water partition coefficient (Wildman–Crippen LogP) is 4.25. The maximum absolute atomic E-state index is 2.43. The molecule has 0 amide bonds. The third-order valence-electron chi connectivity index (χ3n) is 3.92. The molecular formula is C12H24. The molecule has 0 heteroatoms. The van der Waals surface area contributed by atoms with Crippen LogP contribution < -0.4 is 0 Å². The minimum atomic E-state index is 0.975. The molecule has 0 N–H and O–H groups in total. The van der Waals surface area contributed by atoms with Gasteiger partial charge in [-0.2, -0.15) is 0 Å². The Labute approximate surface area is 77.7 Å². The molecule has 12 heavy (non-hydrogen) atoms. The van der Waals surface area contributed by atoms with E-state index in [-0.39, 0.29) is 0 Å². The summed E-state index contributed by atoms with van der Waals surface area (Å²) in [6.45, 7) is 7.10.